The topological polar surface area (TPSA) is 40.5 Å². The summed E-state index contributed by atoms with van der Waals surface area (Å²) < 4.78 is 0. The van der Waals surface area contributed by atoms with Gasteiger partial charge in [-0.1, -0.05) is 78.5 Å². The van der Waals surface area contributed by atoms with Gasteiger partial charge < -0.3 is 10.2 Å². The Labute approximate surface area is 204 Å². The number of allylic oxidation sites excluding steroid dienone is 4. The predicted molar refractivity (Wildman–Crippen MR) is 139 cm³/mol. The number of hydrogen-bond acceptors (Lipinski definition) is 2. The van der Waals surface area contributed by atoms with Crippen molar-refractivity contribution in [1.82, 2.24) is 0 Å². The molecule has 0 aliphatic heterocycles. The highest BCUT2D eigenvalue weighted by Crippen LogP contribution is 2.72. The van der Waals surface area contributed by atoms with Crippen molar-refractivity contribution >= 4 is 0 Å². The molecule has 2 saturated carbocycles. The predicted octanol–water partition coefficient (Wildman–Crippen LogP) is 7.84. The first-order valence-corrected chi connectivity index (χ1v) is 14.1. The third-order valence-corrected chi connectivity index (χ3v) is 11.9. The molecule has 4 aliphatic rings. The van der Waals surface area contributed by atoms with E-state index in [1.54, 1.807) is 11.1 Å². The second-order valence-electron chi connectivity index (χ2n) is 13.8. The summed E-state index contributed by atoms with van der Waals surface area (Å²) in [5.74, 6) is 1.93. The number of aliphatic hydroxyl groups excluding tert-OH is 2. The molecule has 0 bridgehead atoms. The van der Waals surface area contributed by atoms with Crippen LogP contribution in [-0.4, -0.2) is 22.4 Å². The highest BCUT2D eigenvalue weighted by atomic mass is 16.3. The van der Waals surface area contributed by atoms with Crippen molar-refractivity contribution in [1.29, 1.82) is 0 Å². The molecule has 0 radical (unpaired) electrons. The Morgan fingerprint density at radius 2 is 1.73 bits per heavy atom. The zero-order chi connectivity index (χ0) is 24.4. The molecule has 2 N–H and O–H groups in total. The molecular weight excluding hydrogens is 404 g/mol. The van der Waals surface area contributed by atoms with Gasteiger partial charge >= 0.3 is 0 Å². The molecule has 0 saturated heterocycles. The lowest BCUT2D eigenvalue weighted by Gasteiger charge is -2.61. The Morgan fingerprint density at radius 3 is 2.39 bits per heavy atom. The van der Waals surface area contributed by atoms with Crippen LogP contribution in [0.4, 0.5) is 0 Å². The normalized spacial score (nSPS) is 43.9. The van der Waals surface area contributed by atoms with Crippen LogP contribution in [0.2, 0.25) is 0 Å². The molecule has 2 fully saturated rings. The molecule has 4 aliphatic carbocycles. The SMILES string of the molecule is CCC(O)CCC[C@@H](C)[C@H]1CC[C@@]2(C)C3=C(CC[C@]12C)[C@@]1(C)CC[C@H](O)C(C)(C)[C@@H]1C=C3C. The average molecular weight is 457 g/mol. The van der Waals surface area contributed by atoms with Crippen LogP contribution in [-0.2, 0) is 0 Å². The van der Waals surface area contributed by atoms with Crippen LogP contribution >= 0.6 is 0 Å². The fraction of sp³-hybridized carbons (Fsp3) is 0.871. The summed E-state index contributed by atoms with van der Waals surface area (Å²) in [4.78, 5) is 0. The van der Waals surface area contributed by atoms with E-state index in [9.17, 15) is 10.2 Å². The molecule has 8 atom stereocenters. The molecule has 4 rings (SSSR count). The Kier molecular flexibility index (Phi) is 6.57. The van der Waals surface area contributed by atoms with Crippen LogP contribution in [0.3, 0.4) is 0 Å². The Morgan fingerprint density at radius 1 is 1.03 bits per heavy atom. The molecule has 2 heteroatoms. The number of fused-ring (bicyclic) bond motifs is 4. The van der Waals surface area contributed by atoms with E-state index in [-0.39, 0.29) is 28.5 Å². The summed E-state index contributed by atoms with van der Waals surface area (Å²) >= 11 is 0. The van der Waals surface area contributed by atoms with E-state index in [0.29, 0.717) is 11.3 Å². The molecule has 188 valence electrons. The van der Waals surface area contributed by atoms with Crippen molar-refractivity contribution in [2.75, 3.05) is 0 Å². The maximum Gasteiger partial charge on any atom is 0.0597 e. The lowest BCUT2D eigenvalue weighted by Crippen LogP contribution is -2.54. The number of aliphatic hydroxyl groups is 2. The van der Waals surface area contributed by atoms with Crippen molar-refractivity contribution in [3.63, 3.8) is 0 Å². The second-order valence-corrected chi connectivity index (χ2v) is 13.8. The van der Waals surface area contributed by atoms with Crippen LogP contribution in [0, 0.1) is 39.4 Å². The minimum Gasteiger partial charge on any atom is -0.393 e. The number of hydrogen-bond donors (Lipinski definition) is 2. The smallest absolute Gasteiger partial charge is 0.0597 e. The van der Waals surface area contributed by atoms with Crippen molar-refractivity contribution < 1.29 is 10.2 Å². The highest BCUT2D eigenvalue weighted by molar-refractivity contribution is 5.51. The van der Waals surface area contributed by atoms with E-state index in [2.05, 4.69) is 61.5 Å². The van der Waals surface area contributed by atoms with Gasteiger partial charge in [0.05, 0.1) is 12.2 Å². The van der Waals surface area contributed by atoms with E-state index in [1.807, 2.05) is 0 Å². The summed E-state index contributed by atoms with van der Waals surface area (Å²) in [6, 6.07) is 0. The van der Waals surface area contributed by atoms with Crippen LogP contribution in [0.1, 0.15) is 120 Å². The van der Waals surface area contributed by atoms with E-state index < -0.39 is 0 Å². The average Bonchev–Trinajstić information content (AvgIpc) is 3.04. The van der Waals surface area contributed by atoms with Gasteiger partial charge in [-0.25, -0.2) is 0 Å². The molecule has 2 nitrogen and oxygen atoms in total. The van der Waals surface area contributed by atoms with Gasteiger partial charge in [0.1, 0.15) is 0 Å². The summed E-state index contributed by atoms with van der Waals surface area (Å²) in [5.41, 5.74) is 5.74. The van der Waals surface area contributed by atoms with E-state index >= 15 is 0 Å². The van der Waals surface area contributed by atoms with Crippen LogP contribution in [0.5, 0.6) is 0 Å². The molecule has 33 heavy (non-hydrogen) atoms. The maximum absolute atomic E-state index is 10.9. The van der Waals surface area contributed by atoms with Crippen molar-refractivity contribution in [2.45, 2.75) is 132 Å². The molecule has 0 heterocycles. The van der Waals surface area contributed by atoms with Gasteiger partial charge in [-0.15, -0.1) is 0 Å². The second kappa shape index (κ2) is 8.51. The molecule has 0 amide bonds. The van der Waals surface area contributed by atoms with Crippen molar-refractivity contribution in [3.05, 3.63) is 22.8 Å². The molecule has 1 unspecified atom stereocenters. The fourth-order valence-corrected chi connectivity index (χ4v) is 9.47. The van der Waals surface area contributed by atoms with Gasteiger partial charge in [-0.3, -0.25) is 0 Å². The van der Waals surface area contributed by atoms with Crippen molar-refractivity contribution in [2.24, 2.45) is 39.4 Å². The largest absolute Gasteiger partial charge is 0.393 e. The summed E-state index contributed by atoms with van der Waals surface area (Å²) in [7, 11) is 0. The third-order valence-electron chi connectivity index (χ3n) is 11.9. The first-order chi connectivity index (χ1) is 15.3. The summed E-state index contributed by atoms with van der Waals surface area (Å²) in [6.45, 7) is 19.3. The van der Waals surface area contributed by atoms with Crippen LogP contribution < -0.4 is 0 Å². The minimum absolute atomic E-state index is 0.0653. The summed E-state index contributed by atoms with van der Waals surface area (Å²) in [6.07, 6.45) is 13.8. The first kappa shape index (κ1) is 25.5. The molecule has 0 spiro atoms. The van der Waals surface area contributed by atoms with Gasteiger partial charge in [0.15, 0.2) is 0 Å². The van der Waals surface area contributed by atoms with Crippen molar-refractivity contribution in [3.8, 4) is 0 Å². The third kappa shape index (κ3) is 3.64. The minimum atomic E-state index is -0.200. The molecule has 0 aromatic carbocycles. The van der Waals surface area contributed by atoms with E-state index in [1.165, 1.54) is 37.7 Å². The van der Waals surface area contributed by atoms with E-state index in [0.717, 1.165) is 43.9 Å². The molecular formula is C31H52O2. The van der Waals surface area contributed by atoms with Gasteiger partial charge in [0, 0.05) is 0 Å². The number of rotatable bonds is 6. The van der Waals surface area contributed by atoms with Gasteiger partial charge in [-0.05, 0) is 103 Å². The Bertz CT molecular complexity index is 821. The molecule has 0 aromatic heterocycles. The zero-order valence-corrected chi connectivity index (χ0v) is 22.9. The Hall–Kier alpha value is -0.600. The standard InChI is InChI=1S/C31H52O2/c1-9-22(32)12-10-11-20(2)23-13-18-31(8)27-21(3)19-25-28(4,5)26(33)15-16-29(25,6)24(27)14-17-30(23,31)7/h19-20,22-23,25-26,32-33H,9-18H2,1-8H3/t20-,22?,23-,25+,26+,29-,30-,31+/m1/s1. The molecule has 0 aromatic rings. The van der Waals surface area contributed by atoms with E-state index in [4.69, 9.17) is 0 Å². The Balaban J connectivity index is 1.65. The zero-order valence-electron chi connectivity index (χ0n) is 22.9. The lowest BCUT2D eigenvalue weighted by molar-refractivity contribution is -0.0691. The van der Waals surface area contributed by atoms with Gasteiger partial charge in [0.2, 0.25) is 0 Å². The van der Waals surface area contributed by atoms with Crippen LogP contribution in [0.15, 0.2) is 22.8 Å². The monoisotopic (exact) mass is 456 g/mol. The van der Waals surface area contributed by atoms with Gasteiger partial charge in [-0.2, -0.15) is 0 Å². The highest BCUT2D eigenvalue weighted by Gasteiger charge is 2.63. The first-order valence-electron chi connectivity index (χ1n) is 14.1. The lowest BCUT2D eigenvalue weighted by atomic mass is 9.44. The van der Waals surface area contributed by atoms with Gasteiger partial charge in [0.25, 0.3) is 0 Å². The fourth-order valence-electron chi connectivity index (χ4n) is 9.47. The van der Waals surface area contributed by atoms with Crippen LogP contribution in [0.25, 0.3) is 0 Å². The summed E-state index contributed by atoms with van der Waals surface area (Å²) in [5, 5.41) is 20.9. The maximum atomic E-state index is 10.9. The quantitative estimate of drug-likeness (QED) is 0.427.